The van der Waals surface area contributed by atoms with Gasteiger partial charge in [0.1, 0.15) is 23.6 Å². The molecule has 0 aliphatic carbocycles. The fourth-order valence-corrected chi connectivity index (χ4v) is 3.20. The summed E-state index contributed by atoms with van der Waals surface area (Å²) in [5.74, 6) is -0.326. The minimum absolute atomic E-state index is 0.0712. The number of carbonyl (C=O) groups is 2. The van der Waals surface area contributed by atoms with E-state index in [9.17, 15) is 22.8 Å². The van der Waals surface area contributed by atoms with Crippen LogP contribution in [0.5, 0.6) is 0 Å². The lowest BCUT2D eigenvalue weighted by atomic mass is 10.1. The van der Waals surface area contributed by atoms with E-state index in [1.165, 1.54) is 43.9 Å². The van der Waals surface area contributed by atoms with E-state index in [0.717, 1.165) is 28.5 Å². The average molecular weight is 504 g/mol. The highest BCUT2D eigenvalue weighted by Gasteiger charge is 2.15. The predicted molar refractivity (Wildman–Crippen MR) is 139 cm³/mol. The van der Waals surface area contributed by atoms with Gasteiger partial charge in [0.25, 0.3) is 0 Å². The molecule has 196 valence electrons. The summed E-state index contributed by atoms with van der Waals surface area (Å²) in [6.07, 6.45) is 1.45. The highest BCUT2D eigenvalue weighted by molar-refractivity contribution is 5.81. The maximum atomic E-state index is 13.4. The Bertz CT molecular complexity index is 1100. The van der Waals surface area contributed by atoms with E-state index in [0.29, 0.717) is 12.1 Å². The third kappa shape index (κ3) is 11.3. The fourth-order valence-electron chi connectivity index (χ4n) is 3.20. The number of urea groups is 1. The van der Waals surface area contributed by atoms with Crippen LogP contribution in [-0.4, -0.2) is 41.0 Å². The van der Waals surface area contributed by atoms with Crippen molar-refractivity contribution in [1.29, 1.82) is 0 Å². The summed E-state index contributed by atoms with van der Waals surface area (Å²) < 4.78 is 39.2. The number of nitrogens with zero attached hydrogens (tertiary/aromatic N) is 2. The molecule has 36 heavy (non-hydrogen) atoms. The van der Waals surface area contributed by atoms with Gasteiger partial charge >= 0.3 is 6.03 Å². The van der Waals surface area contributed by atoms with Crippen LogP contribution in [0.15, 0.2) is 48.7 Å². The molecule has 0 fully saturated rings. The highest BCUT2D eigenvalue weighted by Crippen LogP contribution is 2.15. The third-order valence-corrected chi connectivity index (χ3v) is 4.88. The molecular weight excluding hydrogens is 467 g/mol. The number of ketones is 1. The number of aromatic nitrogens is 1. The number of nitrogens with one attached hydrogen (secondary N) is 1. The van der Waals surface area contributed by atoms with Gasteiger partial charge in [0, 0.05) is 30.4 Å². The van der Waals surface area contributed by atoms with Crippen LogP contribution < -0.4 is 5.32 Å². The van der Waals surface area contributed by atoms with E-state index in [1.807, 2.05) is 19.9 Å². The molecule has 3 rings (SSSR count). The van der Waals surface area contributed by atoms with Gasteiger partial charge in [0.2, 0.25) is 0 Å². The predicted octanol–water partition coefficient (Wildman–Crippen LogP) is 6.69. The van der Waals surface area contributed by atoms with Gasteiger partial charge in [0.05, 0.1) is 6.54 Å². The number of pyridine rings is 1. The second kappa shape index (κ2) is 15.5. The molecule has 0 radical (unpaired) electrons. The Labute approximate surface area is 211 Å². The smallest absolute Gasteiger partial charge is 0.317 e. The first-order valence-corrected chi connectivity index (χ1v) is 11.8. The molecule has 1 N–H and O–H groups in total. The van der Waals surface area contributed by atoms with Gasteiger partial charge in [-0.1, -0.05) is 19.1 Å². The monoisotopic (exact) mass is 503 g/mol. The van der Waals surface area contributed by atoms with Gasteiger partial charge in [-0.05, 0) is 87.9 Å². The SMILES string of the molecule is CC(C)=O.CCCN(CC(C)F)C(=O)NCc1cccc(F)c1C.Cc1cc2cc(F)ccc2cn1. The van der Waals surface area contributed by atoms with Gasteiger partial charge in [0.15, 0.2) is 0 Å². The first-order chi connectivity index (χ1) is 16.9. The minimum atomic E-state index is -1.07. The molecule has 5 nitrogen and oxygen atoms in total. The average Bonchev–Trinajstić information content (AvgIpc) is 2.79. The molecule has 0 aliphatic rings. The highest BCUT2D eigenvalue weighted by atomic mass is 19.1. The van der Waals surface area contributed by atoms with E-state index in [1.54, 1.807) is 31.3 Å². The van der Waals surface area contributed by atoms with Crippen molar-refractivity contribution in [1.82, 2.24) is 15.2 Å². The number of aryl methyl sites for hydroxylation is 1. The Morgan fingerprint density at radius 2 is 1.72 bits per heavy atom. The summed E-state index contributed by atoms with van der Waals surface area (Å²) >= 11 is 0. The Morgan fingerprint density at radius 1 is 1.06 bits per heavy atom. The molecule has 1 heterocycles. The van der Waals surface area contributed by atoms with Crippen LogP contribution >= 0.6 is 0 Å². The summed E-state index contributed by atoms with van der Waals surface area (Å²) in [4.78, 5) is 27.0. The van der Waals surface area contributed by atoms with Crippen LogP contribution in [0.2, 0.25) is 0 Å². The van der Waals surface area contributed by atoms with Gasteiger partial charge < -0.3 is 15.0 Å². The molecule has 2 aromatic carbocycles. The molecule has 1 aromatic heterocycles. The Balaban J connectivity index is 0.000000339. The lowest BCUT2D eigenvalue weighted by molar-refractivity contribution is -0.115. The van der Waals surface area contributed by atoms with Gasteiger partial charge in [-0.25, -0.2) is 18.0 Å². The van der Waals surface area contributed by atoms with Crippen molar-refractivity contribution in [3.05, 3.63) is 77.1 Å². The van der Waals surface area contributed by atoms with E-state index >= 15 is 0 Å². The second-order valence-electron chi connectivity index (χ2n) is 8.63. The number of fused-ring (bicyclic) bond motifs is 1. The molecule has 0 saturated carbocycles. The van der Waals surface area contributed by atoms with Crippen molar-refractivity contribution in [2.24, 2.45) is 0 Å². The van der Waals surface area contributed by atoms with E-state index in [2.05, 4.69) is 10.3 Å². The zero-order valence-electron chi connectivity index (χ0n) is 21.9. The maximum absolute atomic E-state index is 13.4. The molecule has 1 atom stereocenters. The van der Waals surface area contributed by atoms with Crippen molar-refractivity contribution in [3.63, 3.8) is 0 Å². The van der Waals surface area contributed by atoms with Crippen molar-refractivity contribution in [3.8, 4) is 0 Å². The number of amides is 2. The Hall–Kier alpha value is -3.42. The lowest BCUT2D eigenvalue weighted by Gasteiger charge is -2.23. The van der Waals surface area contributed by atoms with Crippen molar-refractivity contribution in [2.75, 3.05) is 13.1 Å². The summed E-state index contributed by atoms with van der Waals surface area (Å²) in [6.45, 7) is 10.8. The zero-order valence-corrected chi connectivity index (χ0v) is 21.9. The summed E-state index contributed by atoms with van der Waals surface area (Å²) in [6, 6.07) is 11.0. The number of rotatable bonds is 6. The first kappa shape index (κ1) is 30.6. The quantitative estimate of drug-likeness (QED) is 0.408. The topological polar surface area (TPSA) is 62.3 Å². The van der Waals surface area contributed by atoms with E-state index in [-0.39, 0.29) is 36.5 Å². The normalized spacial score (nSPS) is 10.9. The second-order valence-corrected chi connectivity index (χ2v) is 8.63. The third-order valence-electron chi connectivity index (χ3n) is 4.88. The van der Waals surface area contributed by atoms with Gasteiger partial charge in [-0.3, -0.25) is 4.98 Å². The molecule has 3 aromatic rings. The lowest BCUT2D eigenvalue weighted by Crippen LogP contribution is -2.42. The summed E-state index contributed by atoms with van der Waals surface area (Å²) in [7, 11) is 0. The summed E-state index contributed by atoms with van der Waals surface area (Å²) in [5, 5.41) is 4.59. The van der Waals surface area contributed by atoms with Crippen LogP contribution in [0.3, 0.4) is 0 Å². The summed E-state index contributed by atoms with van der Waals surface area (Å²) in [5.41, 5.74) is 2.16. The van der Waals surface area contributed by atoms with Crippen LogP contribution in [0.1, 0.15) is 50.9 Å². The molecule has 0 saturated heterocycles. The van der Waals surface area contributed by atoms with Crippen LogP contribution in [0.25, 0.3) is 10.8 Å². The van der Waals surface area contributed by atoms with Crippen molar-refractivity contribution in [2.45, 2.75) is 60.7 Å². The van der Waals surface area contributed by atoms with Gasteiger partial charge in [-0.15, -0.1) is 0 Å². The number of hydrogen-bond acceptors (Lipinski definition) is 3. The standard InChI is InChI=1S/C15H22F2N2O.C10H8FN.C3H6O/c1-4-8-19(10-11(2)16)15(20)18-9-13-6-5-7-14(17)12(13)3;1-7-4-9-5-10(11)3-2-8(9)6-12-7;1-3(2)4/h5-7,11H,4,8-10H2,1-3H3,(H,18,20);2-6H,1H3;1-2H3. The number of hydrogen-bond donors (Lipinski definition) is 1. The van der Waals surface area contributed by atoms with Crippen LogP contribution in [-0.2, 0) is 11.3 Å². The zero-order chi connectivity index (χ0) is 27.3. The number of benzene rings is 2. The maximum Gasteiger partial charge on any atom is 0.317 e. The van der Waals surface area contributed by atoms with Crippen molar-refractivity contribution < 1.29 is 22.8 Å². The molecule has 0 aliphatic heterocycles. The molecule has 0 bridgehead atoms. The minimum Gasteiger partial charge on any atom is -0.334 e. The van der Waals surface area contributed by atoms with Crippen LogP contribution in [0.4, 0.5) is 18.0 Å². The first-order valence-electron chi connectivity index (χ1n) is 11.8. The molecule has 1 unspecified atom stereocenters. The Morgan fingerprint density at radius 3 is 2.33 bits per heavy atom. The molecular formula is C28H36F3N3O2. The van der Waals surface area contributed by atoms with E-state index < -0.39 is 6.17 Å². The van der Waals surface area contributed by atoms with Gasteiger partial charge in [-0.2, -0.15) is 0 Å². The number of Topliss-reactive ketones (excluding diaryl/α,β-unsaturated/α-hetero) is 1. The number of carbonyl (C=O) groups excluding carboxylic acids is 2. The molecule has 2 amide bonds. The van der Waals surface area contributed by atoms with Crippen LogP contribution in [0, 0.1) is 25.5 Å². The molecule has 8 heteroatoms. The number of halogens is 3. The van der Waals surface area contributed by atoms with Crippen molar-refractivity contribution >= 4 is 22.6 Å². The van der Waals surface area contributed by atoms with E-state index in [4.69, 9.17) is 0 Å². The Kier molecular flexibility index (Phi) is 13.2. The largest absolute Gasteiger partial charge is 0.334 e. The number of alkyl halides is 1. The fraction of sp³-hybridized carbons (Fsp3) is 0.393. The molecule has 0 spiro atoms.